The first kappa shape index (κ1) is 25.0. The fourth-order valence-corrected chi connectivity index (χ4v) is 2.70. The summed E-state index contributed by atoms with van der Waals surface area (Å²) in [5.41, 5.74) is 1.40. The maximum atomic E-state index is 12.3. The Morgan fingerprint density at radius 3 is 2.62 bits per heavy atom. The van der Waals surface area contributed by atoms with Crippen LogP contribution in [0.5, 0.6) is 0 Å². The van der Waals surface area contributed by atoms with Crippen molar-refractivity contribution < 1.29 is 9.53 Å². The van der Waals surface area contributed by atoms with Crippen LogP contribution < -0.4 is 16.0 Å². The maximum Gasteiger partial charge on any atom is 0.274 e. The van der Waals surface area contributed by atoms with Crippen molar-refractivity contribution in [2.45, 2.75) is 39.7 Å². The topological polar surface area (TPSA) is 86.2 Å². The molecule has 0 atom stereocenters. The zero-order valence-electron chi connectivity index (χ0n) is 17.2. The van der Waals surface area contributed by atoms with E-state index in [0.29, 0.717) is 28.0 Å². The number of halogens is 2. The van der Waals surface area contributed by atoms with E-state index in [1.807, 2.05) is 6.07 Å². The summed E-state index contributed by atoms with van der Waals surface area (Å²) in [6.07, 6.45) is 6.55. The Morgan fingerprint density at radius 1 is 1.21 bits per heavy atom. The second-order valence-corrected chi connectivity index (χ2v) is 7.28. The lowest BCUT2D eigenvalue weighted by Gasteiger charge is -2.13. The van der Waals surface area contributed by atoms with Crippen molar-refractivity contribution in [3.8, 4) is 0 Å². The third-order valence-electron chi connectivity index (χ3n) is 4.11. The van der Waals surface area contributed by atoms with Gasteiger partial charge in [0.15, 0.2) is 0 Å². The van der Waals surface area contributed by atoms with Crippen LogP contribution in [0.3, 0.4) is 0 Å². The first-order chi connectivity index (χ1) is 13.9. The summed E-state index contributed by atoms with van der Waals surface area (Å²) in [4.78, 5) is 12.3. The second kappa shape index (κ2) is 14.0. The summed E-state index contributed by atoms with van der Waals surface area (Å²) in [7, 11) is 1.70. The number of carbonyl (C=O) groups excluding carboxylic acids is 1. The lowest BCUT2D eigenvalue weighted by molar-refractivity contribution is -0.114. The average Bonchev–Trinajstić information content (AvgIpc) is 2.71. The molecule has 1 rings (SSSR count). The van der Waals surface area contributed by atoms with Crippen LogP contribution in [0.4, 0.5) is 0 Å². The van der Waals surface area contributed by atoms with E-state index >= 15 is 0 Å². The van der Waals surface area contributed by atoms with Crippen LogP contribution in [-0.4, -0.2) is 31.9 Å². The molecule has 0 aliphatic heterocycles. The largest absolute Gasteiger partial charge is 0.391 e. The number of hydrogen-bond donors (Lipinski definition) is 4. The number of benzene rings is 1. The van der Waals surface area contributed by atoms with Crippen molar-refractivity contribution in [2.24, 2.45) is 0 Å². The van der Waals surface area contributed by atoms with Crippen LogP contribution >= 0.6 is 23.2 Å². The van der Waals surface area contributed by atoms with Gasteiger partial charge < -0.3 is 20.7 Å². The van der Waals surface area contributed by atoms with Gasteiger partial charge in [0.2, 0.25) is 0 Å². The lowest BCUT2D eigenvalue weighted by atomic mass is 10.2. The van der Waals surface area contributed by atoms with Gasteiger partial charge >= 0.3 is 0 Å². The van der Waals surface area contributed by atoms with Gasteiger partial charge in [0, 0.05) is 33.0 Å². The quantitative estimate of drug-likeness (QED) is 0.270. The SMILES string of the molecule is CC=C(NCc1ccc(Cl)c(Cl)c1)NC(=O)C(=N)/C(C)=C\NCCCCCOC. The summed E-state index contributed by atoms with van der Waals surface area (Å²) in [6, 6.07) is 5.34. The Kier molecular flexibility index (Phi) is 12.1. The smallest absolute Gasteiger partial charge is 0.274 e. The van der Waals surface area contributed by atoms with Gasteiger partial charge in [-0.15, -0.1) is 0 Å². The molecule has 4 N–H and O–H groups in total. The Hall–Kier alpha value is -2.02. The summed E-state index contributed by atoms with van der Waals surface area (Å²) in [5, 5.41) is 18.0. The van der Waals surface area contributed by atoms with Crippen LogP contribution in [0, 0.1) is 5.41 Å². The molecule has 29 heavy (non-hydrogen) atoms. The van der Waals surface area contributed by atoms with Crippen LogP contribution in [-0.2, 0) is 16.1 Å². The number of ether oxygens (including phenoxy) is 1. The third-order valence-corrected chi connectivity index (χ3v) is 4.85. The van der Waals surface area contributed by atoms with Gasteiger partial charge in [0.1, 0.15) is 11.5 Å². The first-order valence-electron chi connectivity index (χ1n) is 9.52. The van der Waals surface area contributed by atoms with Crippen LogP contribution in [0.2, 0.25) is 10.0 Å². The van der Waals surface area contributed by atoms with Gasteiger partial charge in [-0.3, -0.25) is 10.2 Å². The number of carbonyl (C=O) groups is 1. The highest BCUT2D eigenvalue weighted by Gasteiger charge is 2.12. The van der Waals surface area contributed by atoms with E-state index in [0.717, 1.165) is 38.0 Å². The molecule has 0 aliphatic rings. The standard InChI is InChI=1S/C21H30Cl2N4O2/c1-4-19(26-14-16-8-9-17(22)18(23)12-16)27-21(28)20(24)15(2)13-25-10-6-5-7-11-29-3/h4,8-9,12-13,24-26H,5-7,10-11,14H2,1-3H3,(H,27,28)/b15-13-,19-4?,24-20?. The number of amides is 1. The molecular weight excluding hydrogens is 411 g/mol. The molecule has 0 aromatic heterocycles. The van der Waals surface area contributed by atoms with Gasteiger partial charge in [-0.25, -0.2) is 0 Å². The number of methoxy groups -OCH3 is 1. The molecule has 0 fully saturated rings. The minimum atomic E-state index is -0.476. The van der Waals surface area contributed by atoms with Crippen molar-refractivity contribution in [3.63, 3.8) is 0 Å². The van der Waals surface area contributed by atoms with Crippen LogP contribution in [0.25, 0.3) is 0 Å². The number of rotatable bonds is 13. The molecular formula is C21H30Cl2N4O2. The Labute approximate surface area is 183 Å². The Morgan fingerprint density at radius 2 is 1.97 bits per heavy atom. The highest BCUT2D eigenvalue weighted by molar-refractivity contribution is 6.44. The van der Waals surface area contributed by atoms with Crippen LogP contribution in [0.1, 0.15) is 38.7 Å². The molecule has 0 unspecified atom stereocenters. The van der Waals surface area contributed by atoms with E-state index < -0.39 is 5.91 Å². The normalized spacial score (nSPS) is 11.9. The Bertz CT molecular complexity index is 748. The number of hydrogen-bond acceptors (Lipinski definition) is 5. The zero-order chi connectivity index (χ0) is 21.6. The van der Waals surface area contributed by atoms with Crippen molar-refractivity contribution in [1.29, 1.82) is 5.41 Å². The third kappa shape index (κ3) is 9.83. The molecule has 1 aromatic rings. The fourth-order valence-electron chi connectivity index (χ4n) is 2.38. The molecule has 1 amide bonds. The highest BCUT2D eigenvalue weighted by Crippen LogP contribution is 2.22. The van der Waals surface area contributed by atoms with Gasteiger partial charge in [-0.1, -0.05) is 29.3 Å². The molecule has 1 aromatic carbocycles. The highest BCUT2D eigenvalue weighted by atomic mass is 35.5. The molecule has 0 saturated carbocycles. The molecule has 0 radical (unpaired) electrons. The second-order valence-electron chi connectivity index (χ2n) is 6.47. The summed E-state index contributed by atoms with van der Waals surface area (Å²) < 4.78 is 5.01. The van der Waals surface area contributed by atoms with E-state index in [1.54, 1.807) is 45.4 Å². The molecule has 0 spiro atoms. The van der Waals surface area contributed by atoms with E-state index in [4.69, 9.17) is 33.3 Å². The number of nitrogens with one attached hydrogen (secondary N) is 4. The summed E-state index contributed by atoms with van der Waals surface area (Å²) >= 11 is 11.9. The minimum absolute atomic E-state index is 0.0902. The molecule has 6 nitrogen and oxygen atoms in total. The van der Waals surface area contributed by atoms with Crippen molar-refractivity contribution >= 4 is 34.8 Å². The summed E-state index contributed by atoms with van der Waals surface area (Å²) in [5.74, 6) is 0.0418. The van der Waals surface area contributed by atoms with E-state index in [1.165, 1.54) is 0 Å². The monoisotopic (exact) mass is 440 g/mol. The van der Waals surface area contributed by atoms with E-state index in [2.05, 4.69) is 16.0 Å². The molecule has 8 heteroatoms. The van der Waals surface area contributed by atoms with Crippen LogP contribution in [0.15, 0.2) is 41.9 Å². The molecule has 0 heterocycles. The molecule has 0 aliphatic carbocycles. The average molecular weight is 441 g/mol. The molecule has 0 saturated heterocycles. The van der Waals surface area contributed by atoms with Gasteiger partial charge in [0.25, 0.3) is 5.91 Å². The predicted molar refractivity (Wildman–Crippen MR) is 120 cm³/mol. The van der Waals surface area contributed by atoms with Crippen molar-refractivity contribution in [2.75, 3.05) is 20.3 Å². The zero-order valence-corrected chi connectivity index (χ0v) is 18.7. The summed E-state index contributed by atoms with van der Waals surface area (Å²) in [6.45, 7) is 5.56. The number of allylic oxidation sites excluding steroid dienone is 1. The van der Waals surface area contributed by atoms with Gasteiger partial charge in [0.05, 0.1) is 10.0 Å². The fraction of sp³-hybridized carbons (Fsp3) is 0.429. The number of unbranched alkanes of at least 4 members (excludes halogenated alkanes) is 2. The minimum Gasteiger partial charge on any atom is -0.391 e. The Balaban J connectivity index is 2.44. The predicted octanol–water partition coefficient (Wildman–Crippen LogP) is 4.39. The van der Waals surface area contributed by atoms with Gasteiger partial charge in [-0.05, 0) is 62.5 Å². The first-order valence-corrected chi connectivity index (χ1v) is 10.3. The van der Waals surface area contributed by atoms with E-state index in [-0.39, 0.29) is 5.71 Å². The van der Waals surface area contributed by atoms with Crippen molar-refractivity contribution in [3.05, 3.63) is 57.5 Å². The van der Waals surface area contributed by atoms with Crippen molar-refractivity contribution in [1.82, 2.24) is 16.0 Å². The van der Waals surface area contributed by atoms with E-state index in [9.17, 15) is 4.79 Å². The maximum absolute atomic E-state index is 12.3. The molecule has 160 valence electrons. The molecule has 0 bridgehead atoms. The van der Waals surface area contributed by atoms with Gasteiger partial charge in [-0.2, -0.15) is 0 Å². The lowest BCUT2D eigenvalue weighted by Crippen LogP contribution is -2.36.